The van der Waals surface area contributed by atoms with Crippen molar-refractivity contribution in [2.24, 2.45) is 0 Å². The predicted molar refractivity (Wildman–Crippen MR) is 73.1 cm³/mol. The molecule has 2 aromatic rings. The zero-order valence-corrected chi connectivity index (χ0v) is 10.8. The number of aromatic nitrogens is 3. The zero-order valence-electron chi connectivity index (χ0n) is 10.8. The van der Waals surface area contributed by atoms with Gasteiger partial charge < -0.3 is 10.6 Å². The predicted octanol–water partition coefficient (Wildman–Crippen LogP) is 1.86. The van der Waals surface area contributed by atoms with Crippen LogP contribution in [0.15, 0.2) is 30.6 Å². The third-order valence-electron chi connectivity index (χ3n) is 2.39. The quantitative estimate of drug-likeness (QED) is 0.874. The van der Waals surface area contributed by atoms with E-state index in [2.05, 4.69) is 25.8 Å². The van der Waals surface area contributed by atoms with Gasteiger partial charge in [-0.3, -0.25) is 9.78 Å². The average molecular weight is 257 g/mol. The van der Waals surface area contributed by atoms with E-state index in [1.165, 1.54) is 0 Å². The summed E-state index contributed by atoms with van der Waals surface area (Å²) < 4.78 is 0. The third kappa shape index (κ3) is 3.48. The Hall–Kier alpha value is -2.50. The minimum absolute atomic E-state index is 0.267. The molecule has 0 saturated carbocycles. The van der Waals surface area contributed by atoms with Crippen LogP contribution >= 0.6 is 0 Å². The second kappa shape index (κ2) is 5.90. The molecule has 0 aliphatic heterocycles. The average Bonchev–Trinajstić information content (AvgIpc) is 2.40. The third-order valence-corrected chi connectivity index (χ3v) is 2.39. The van der Waals surface area contributed by atoms with Crippen LogP contribution in [0.2, 0.25) is 0 Å². The molecule has 2 heterocycles. The number of nitrogens with one attached hydrogen (secondary N) is 2. The van der Waals surface area contributed by atoms with Crippen LogP contribution in [0.3, 0.4) is 0 Å². The number of carbonyl (C=O) groups excluding carboxylic acids is 1. The first kappa shape index (κ1) is 12.9. The van der Waals surface area contributed by atoms with Crippen molar-refractivity contribution in [3.05, 3.63) is 41.9 Å². The molecule has 0 bridgehead atoms. The lowest BCUT2D eigenvalue weighted by atomic mass is 10.3. The number of anilines is 2. The van der Waals surface area contributed by atoms with Gasteiger partial charge in [0.25, 0.3) is 5.91 Å². The smallest absolute Gasteiger partial charge is 0.276 e. The molecule has 0 unspecified atom stereocenters. The van der Waals surface area contributed by atoms with Gasteiger partial charge in [-0.15, -0.1) is 10.2 Å². The van der Waals surface area contributed by atoms with E-state index in [0.717, 1.165) is 12.1 Å². The fourth-order valence-electron chi connectivity index (χ4n) is 1.55. The van der Waals surface area contributed by atoms with Gasteiger partial charge in [0.1, 0.15) is 5.82 Å². The number of hydrogen-bond acceptors (Lipinski definition) is 5. The second-order valence-electron chi connectivity index (χ2n) is 4.04. The summed E-state index contributed by atoms with van der Waals surface area (Å²) in [6.07, 6.45) is 3.31. The van der Waals surface area contributed by atoms with Crippen molar-refractivity contribution < 1.29 is 4.79 Å². The first-order chi connectivity index (χ1) is 9.19. The van der Waals surface area contributed by atoms with Gasteiger partial charge in [0.15, 0.2) is 5.69 Å². The van der Waals surface area contributed by atoms with Crippen LogP contribution in [0.4, 0.5) is 11.5 Å². The molecule has 0 fully saturated rings. The summed E-state index contributed by atoms with van der Waals surface area (Å²) in [6.45, 7) is 4.63. The van der Waals surface area contributed by atoms with E-state index in [9.17, 15) is 4.79 Å². The molecule has 1 amide bonds. The van der Waals surface area contributed by atoms with E-state index in [1.54, 1.807) is 24.5 Å². The Kier molecular flexibility index (Phi) is 4.02. The molecule has 6 heteroatoms. The molecule has 2 N–H and O–H groups in total. The highest BCUT2D eigenvalue weighted by Gasteiger charge is 2.08. The molecule has 0 aliphatic rings. The summed E-state index contributed by atoms with van der Waals surface area (Å²) in [6, 6.07) is 5.19. The SMILES string of the molecule is CCNc1ccc(C(=O)Nc2cncc(C)c2)nn1. The fraction of sp³-hybridized carbons (Fsp3) is 0.231. The highest BCUT2D eigenvalue weighted by atomic mass is 16.1. The number of aryl methyl sites for hydroxylation is 1. The van der Waals surface area contributed by atoms with E-state index >= 15 is 0 Å². The molecule has 2 aromatic heterocycles. The topological polar surface area (TPSA) is 79.8 Å². The molecular formula is C13H15N5O. The van der Waals surface area contributed by atoms with Crippen molar-refractivity contribution in [1.29, 1.82) is 0 Å². The Morgan fingerprint density at radius 2 is 2.11 bits per heavy atom. The Morgan fingerprint density at radius 3 is 2.74 bits per heavy atom. The van der Waals surface area contributed by atoms with Crippen molar-refractivity contribution in [2.75, 3.05) is 17.2 Å². The summed E-state index contributed by atoms with van der Waals surface area (Å²) >= 11 is 0. The van der Waals surface area contributed by atoms with E-state index in [4.69, 9.17) is 0 Å². The number of hydrogen-bond donors (Lipinski definition) is 2. The number of pyridine rings is 1. The Balaban J connectivity index is 2.07. The standard InChI is InChI=1S/C13H15N5O/c1-3-15-12-5-4-11(17-18-12)13(19)16-10-6-9(2)7-14-8-10/h4-8H,3H2,1-2H3,(H,15,18)(H,16,19). The van der Waals surface area contributed by atoms with Crippen LogP contribution in [0.5, 0.6) is 0 Å². The van der Waals surface area contributed by atoms with E-state index in [0.29, 0.717) is 11.5 Å². The molecule has 0 spiro atoms. The van der Waals surface area contributed by atoms with Gasteiger partial charge in [0.05, 0.1) is 11.9 Å². The summed E-state index contributed by atoms with van der Waals surface area (Å²) in [7, 11) is 0. The molecule has 0 atom stereocenters. The van der Waals surface area contributed by atoms with Crippen LogP contribution in [0.25, 0.3) is 0 Å². The van der Waals surface area contributed by atoms with Crippen LogP contribution in [-0.2, 0) is 0 Å². The minimum Gasteiger partial charge on any atom is -0.369 e. The van der Waals surface area contributed by atoms with Gasteiger partial charge in [-0.05, 0) is 37.6 Å². The first-order valence-corrected chi connectivity index (χ1v) is 5.99. The molecule has 0 aliphatic carbocycles. The van der Waals surface area contributed by atoms with Crippen molar-refractivity contribution in [3.8, 4) is 0 Å². The fourth-order valence-corrected chi connectivity index (χ4v) is 1.55. The Bertz CT molecular complexity index is 568. The van der Waals surface area contributed by atoms with Crippen molar-refractivity contribution in [1.82, 2.24) is 15.2 Å². The normalized spacial score (nSPS) is 10.0. The lowest BCUT2D eigenvalue weighted by Gasteiger charge is -2.05. The Morgan fingerprint density at radius 1 is 1.26 bits per heavy atom. The van der Waals surface area contributed by atoms with Gasteiger partial charge in [0.2, 0.25) is 0 Å². The molecule has 0 saturated heterocycles. The number of carbonyl (C=O) groups is 1. The van der Waals surface area contributed by atoms with Crippen molar-refractivity contribution >= 4 is 17.4 Å². The van der Waals surface area contributed by atoms with Crippen molar-refractivity contribution in [2.45, 2.75) is 13.8 Å². The van der Waals surface area contributed by atoms with Gasteiger partial charge in [-0.1, -0.05) is 0 Å². The van der Waals surface area contributed by atoms with Gasteiger partial charge in [0, 0.05) is 12.7 Å². The lowest BCUT2D eigenvalue weighted by molar-refractivity contribution is 0.102. The lowest BCUT2D eigenvalue weighted by Crippen LogP contribution is -2.15. The van der Waals surface area contributed by atoms with E-state index < -0.39 is 0 Å². The minimum atomic E-state index is -0.303. The number of amides is 1. The Labute approximate surface area is 111 Å². The molecule has 19 heavy (non-hydrogen) atoms. The first-order valence-electron chi connectivity index (χ1n) is 5.99. The molecule has 0 aromatic carbocycles. The van der Waals surface area contributed by atoms with Gasteiger partial charge >= 0.3 is 0 Å². The molecule has 98 valence electrons. The highest BCUT2D eigenvalue weighted by Crippen LogP contribution is 2.09. The maximum atomic E-state index is 11.9. The second-order valence-corrected chi connectivity index (χ2v) is 4.04. The van der Waals surface area contributed by atoms with Gasteiger partial charge in [-0.25, -0.2) is 0 Å². The highest BCUT2D eigenvalue weighted by molar-refractivity contribution is 6.02. The molecule has 6 nitrogen and oxygen atoms in total. The largest absolute Gasteiger partial charge is 0.369 e. The zero-order chi connectivity index (χ0) is 13.7. The maximum absolute atomic E-state index is 11.9. The van der Waals surface area contributed by atoms with E-state index in [-0.39, 0.29) is 11.6 Å². The van der Waals surface area contributed by atoms with Crippen molar-refractivity contribution in [3.63, 3.8) is 0 Å². The van der Waals surface area contributed by atoms with Crippen LogP contribution < -0.4 is 10.6 Å². The molecular weight excluding hydrogens is 242 g/mol. The molecule has 2 rings (SSSR count). The molecule has 0 radical (unpaired) electrons. The summed E-state index contributed by atoms with van der Waals surface area (Å²) in [5, 5.41) is 13.5. The number of rotatable bonds is 4. The van der Waals surface area contributed by atoms with Gasteiger partial charge in [-0.2, -0.15) is 0 Å². The summed E-state index contributed by atoms with van der Waals surface area (Å²) in [4.78, 5) is 15.9. The summed E-state index contributed by atoms with van der Waals surface area (Å²) in [5.41, 5.74) is 1.89. The number of nitrogens with zero attached hydrogens (tertiary/aromatic N) is 3. The maximum Gasteiger partial charge on any atom is 0.276 e. The van der Waals surface area contributed by atoms with Crippen LogP contribution in [-0.4, -0.2) is 27.6 Å². The van der Waals surface area contributed by atoms with E-state index in [1.807, 2.05) is 19.9 Å². The van der Waals surface area contributed by atoms with Crippen LogP contribution in [0.1, 0.15) is 23.0 Å². The monoisotopic (exact) mass is 257 g/mol. The van der Waals surface area contributed by atoms with Crippen LogP contribution in [0, 0.1) is 6.92 Å². The summed E-state index contributed by atoms with van der Waals surface area (Å²) in [5.74, 6) is 0.347.